The number of fused-ring (bicyclic) bond motifs is 1. The molecule has 0 saturated heterocycles. The molecule has 0 atom stereocenters. The van der Waals surface area contributed by atoms with Crippen LogP contribution in [0.5, 0.6) is 5.75 Å². The number of rotatable bonds is 3. The number of methoxy groups -OCH3 is 1. The number of carbonyl (C=O) groups is 1. The Labute approximate surface area is 133 Å². The minimum Gasteiger partial charge on any atom is -0.495 e. The van der Waals surface area contributed by atoms with Gasteiger partial charge in [0, 0.05) is 15.9 Å². The molecule has 0 spiro atoms. The first-order valence-electron chi connectivity index (χ1n) is 6.82. The molecule has 0 aliphatic carbocycles. The molecular weight excluding hydrogens is 300 g/mol. The fraction of sp³-hybridized carbons (Fsp3) is 0.118. The summed E-state index contributed by atoms with van der Waals surface area (Å²) in [4.78, 5) is 15.7. The van der Waals surface area contributed by atoms with Gasteiger partial charge in [0.1, 0.15) is 11.4 Å². The van der Waals surface area contributed by atoms with Crippen molar-refractivity contribution in [3.8, 4) is 5.75 Å². The van der Waals surface area contributed by atoms with Crippen molar-refractivity contribution in [1.29, 1.82) is 0 Å². The lowest BCUT2D eigenvalue weighted by Crippen LogP contribution is -2.14. The molecule has 0 radical (unpaired) electrons. The van der Waals surface area contributed by atoms with E-state index in [2.05, 4.69) is 10.3 Å². The highest BCUT2D eigenvalue weighted by Gasteiger charge is 2.16. The molecule has 5 heteroatoms. The summed E-state index contributed by atoms with van der Waals surface area (Å²) in [5, 5.41) is 4.48. The Morgan fingerprint density at radius 2 is 2.00 bits per heavy atom. The van der Waals surface area contributed by atoms with E-state index in [9.17, 15) is 4.79 Å². The number of H-pyrrole nitrogens is 1. The van der Waals surface area contributed by atoms with Crippen molar-refractivity contribution in [2.24, 2.45) is 0 Å². The molecule has 1 aromatic heterocycles. The van der Waals surface area contributed by atoms with Crippen LogP contribution < -0.4 is 10.1 Å². The number of benzene rings is 2. The van der Waals surface area contributed by atoms with Crippen molar-refractivity contribution in [3.05, 3.63) is 58.7 Å². The van der Waals surface area contributed by atoms with E-state index in [1.807, 2.05) is 37.3 Å². The van der Waals surface area contributed by atoms with E-state index in [4.69, 9.17) is 16.3 Å². The van der Waals surface area contributed by atoms with Crippen LogP contribution in [0.3, 0.4) is 0 Å². The zero-order valence-corrected chi connectivity index (χ0v) is 13.0. The number of aryl methyl sites for hydroxylation is 1. The second kappa shape index (κ2) is 5.73. The third kappa shape index (κ3) is 2.53. The van der Waals surface area contributed by atoms with Gasteiger partial charge in [0.2, 0.25) is 0 Å². The normalized spacial score (nSPS) is 10.7. The van der Waals surface area contributed by atoms with Crippen molar-refractivity contribution < 1.29 is 9.53 Å². The third-order valence-corrected chi connectivity index (χ3v) is 3.84. The maximum Gasteiger partial charge on any atom is 0.272 e. The van der Waals surface area contributed by atoms with Gasteiger partial charge in [-0.25, -0.2) is 0 Å². The first kappa shape index (κ1) is 14.5. The molecule has 112 valence electrons. The lowest BCUT2D eigenvalue weighted by atomic mass is 10.1. The second-order valence-electron chi connectivity index (χ2n) is 4.97. The molecule has 1 heterocycles. The molecule has 0 aliphatic rings. The fourth-order valence-corrected chi connectivity index (χ4v) is 2.64. The second-order valence-corrected chi connectivity index (χ2v) is 5.41. The van der Waals surface area contributed by atoms with Crippen molar-refractivity contribution in [2.45, 2.75) is 6.92 Å². The number of aromatic amines is 1. The zero-order chi connectivity index (χ0) is 15.7. The van der Waals surface area contributed by atoms with E-state index in [1.54, 1.807) is 19.2 Å². The predicted molar refractivity (Wildman–Crippen MR) is 89.0 cm³/mol. The smallest absolute Gasteiger partial charge is 0.272 e. The number of anilines is 1. The Balaban J connectivity index is 1.97. The summed E-state index contributed by atoms with van der Waals surface area (Å²) in [5.41, 5.74) is 2.88. The van der Waals surface area contributed by atoms with Crippen LogP contribution in [0.1, 0.15) is 16.1 Å². The van der Waals surface area contributed by atoms with Crippen LogP contribution in [0, 0.1) is 6.92 Å². The molecule has 4 nitrogen and oxygen atoms in total. The summed E-state index contributed by atoms with van der Waals surface area (Å²) < 4.78 is 5.24. The van der Waals surface area contributed by atoms with Gasteiger partial charge in [-0.05, 0) is 36.8 Å². The number of hydrogen-bond donors (Lipinski definition) is 2. The van der Waals surface area contributed by atoms with Crippen LogP contribution >= 0.6 is 11.6 Å². The fourth-order valence-electron chi connectivity index (χ4n) is 2.47. The maximum atomic E-state index is 12.5. The van der Waals surface area contributed by atoms with E-state index in [1.165, 1.54) is 0 Å². The average molecular weight is 315 g/mol. The van der Waals surface area contributed by atoms with E-state index < -0.39 is 0 Å². The Morgan fingerprint density at radius 1 is 1.23 bits per heavy atom. The Morgan fingerprint density at radius 3 is 2.77 bits per heavy atom. The number of amides is 1. The number of carbonyl (C=O) groups excluding carboxylic acids is 1. The minimum atomic E-state index is -0.214. The molecule has 3 rings (SSSR count). The zero-order valence-electron chi connectivity index (χ0n) is 12.2. The van der Waals surface area contributed by atoms with Crippen LogP contribution in [0.2, 0.25) is 5.02 Å². The summed E-state index contributed by atoms with van der Waals surface area (Å²) in [6, 6.07) is 12.8. The molecule has 2 aromatic carbocycles. The first-order valence-corrected chi connectivity index (χ1v) is 7.20. The Kier molecular flexibility index (Phi) is 3.77. The van der Waals surface area contributed by atoms with Gasteiger partial charge in [-0.3, -0.25) is 4.79 Å². The summed E-state index contributed by atoms with van der Waals surface area (Å²) in [6.07, 6.45) is 0. The number of aromatic nitrogens is 1. The molecule has 22 heavy (non-hydrogen) atoms. The van der Waals surface area contributed by atoms with E-state index >= 15 is 0 Å². The third-order valence-electron chi connectivity index (χ3n) is 3.60. The van der Waals surface area contributed by atoms with E-state index in [0.717, 1.165) is 16.5 Å². The maximum absolute atomic E-state index is 12.5. The Hall–Kier alpha value is -2.46. The van der Waals surface area contributed by atoms with Gasteiger partial charge in [0.05, 0.1) is 12.8 Å². The van der Waals surface area contributed by atoms with Crippen LogP contribution in [0.25, 0.3) is 10.9 Å². The van der Waals surface area contributed by atoms with Gasteiger partial charge in [-0.15, -0.1) is 0 Å². The number of nitrogens with one attached hydrogen (secondary N) is 2. The molecule has 0 fully saturated rings. The highest BCUT2D eigenvalue weighted by molar-refractivity contribution is 6.31. The number of halogens is 1. The number of hydrogen-bond acceptors (Lipinski definition) is 2. The standard InChI is InChI=1S/C17H15ClN2O2/c1-10-12-8-7-11(18)9-14(12)19-16(10)17(21)20-13-5-3-4-6-15(13)22-2/h3-9,19H,1-2H3,(H,20,21). The lowest BCUT2D eigenvalue weighted by molar-refractivity contribution is 0.102. The van der Waals surface area contributed by atoms with Gasteiger partial charge in [-0.2, -0.15) is 0 Å². The van der Waals surface area contributed by atoms with Gasteiger partial charge in [0.15, 0.2) is 0 Å². The van der Waals surface area contributed by atoms with E-state index in [0.29, 0.717) is 22.2 Å². The summed E-state index contributed by atoms with van der Waals surface area (Å²) >= 11 is 5.99. The molecule has 3 aromatic rings. The van der Waals surface area contributed by atoms with Crippen molar-refractivity contribution in [2.75, 3.05) is 12.4 Å². The molecule has 0 bridgehead atoms. The van der Waals surface area contributed by atoms with E-state index in [-0.39, 0.29) is 5.91 Å². The monoisotopic (exact) mass is 314 g/mol. The largest absolute Gasteiger partial charge is 0.495 e. The van der Waals surface area contributed by atoms with Gasteiger partial charge in [0.25, 0.3) is 5.91 Å². The number of ether oxygens (including phenoxy) is 1. The van der Waals surface area contributed by atoms with Gasteiger partial charge >= 0.3 is 0 Å². The summed E-state index contributed by atoms with van der Waals surface area (Å²) in [5.74, 6) is 0.405. The van der Waals surface area contributed by atoms with Crippen molar-refractivity contribution >= 4 is 34.1 Å². The topological polar surface area (TPSA) is 54.1 Å². The average Bonchev–Trinajstić information content (AvgIpc) is 2.84. The number of para-hydroxylation sites is 2. The highest BCUT2D eigenvalue weighted by Crippen LogP contribution is 2.27. The molecule has 0 aliphatic heterocycles. The van der Waals surface area contributed by atoms with Crippen LogP contribution in [-0.2, 0) is 0 Å². The molecular formula is C17H15ClN2O2. The molecule has 0 saturated carbocycles. The van der Waals surface area contributed by atoms with Crippen molar-refractivity contribution in [1.82, 2.24) is 4.98 Å². The molecule has 2 N–H and O–H groups in total. The highest BCUT2D eigenvalue weighted by atomic mass is 35.5. The minimum absolute atomic E-state index is 0.214. The summed E-state index contributed by atoms with van der Waals surface area (Å²) in [6.45, 7) is 1.91. The summed E-state index contributed by atoms with van der Waals surface area (Å²) in [7, 11) is 1.57. The first-order chi connectivity index (χ1) is 10.6. The van der Waals surface area contributed by atoms with Crippen LogP contribution in [0.4, 0.5) is 5.69 Å². The van der Waals surface area contributed by atoms with Crippen LogP contribution in [-0.4, -0.2) is 18.0 Å². The lowest BCUT2D eigenvalue weighted by Gasteiger charge is -2.09. The molecule has 0 unspecified atom stereocenters. The van der Waals surface area contributed by atoms with Gasteiger partial charge in [-0.1, -0.05) is 29.8 Å². The predicted octanol–water partition coefficient (Wildman–Crippen LogP) is 4.39. The quantitative estimate of drug-likeness (QED) is 0.753. The van der Waals surface area contributed by atoms with Crippen molar-refractivity contribution in [3.63, 3.8) is 0 Å². The van der Waals surface area contributed by atoms with Gasteiger partial charge < -0.3 is 15.0 Å². The Bertz CT molecular complexity index is 855. The van der Waals surface area contributed by atoms with Crippen LogP contribution in [0.15, 0.2) is 42.5 Å². The molecule has 1 amide bonds. The SMILES string of the molecule is COc1ccccc1NC(=O)c1[nH]c2cc(Cl)ccc2c1C.